The Bertz CT molecular complexity index is 204. The quantitative estimate of drug-likeness (QED) is 0.617. The summed E-state index contributed by atoms with van der Waals surface area (Å²) in [6.07, 6.45) is 3.45. The van der Waals surface area contributed by atoms with E-state index in [1.807, 2.05) is 0 Å². The first kappa shape index (κ1) is 8.05. The summed E-state index contributed by atoms with van der Waals surface area (Å²) in [5.74, 6) is -0.328. The molecule has 0 radical (unpaired) electrons. The highest BCUT2D eigenvalue weighted by Gasteiger charge is 2.49. The van der Waals surface area contributed by atoms with E-state index in [9.17, 15) is 9.90 Å². The highest BCUT2D eigenvalue weighted by Crippen LogP contribution is 2.50. The zero-order chi connectivity index (χ0) is 8.77. The molecule has 0 spiro atoms. The zero-order valence-electron chi connectivity index (χ0n) is 6.99. The summed E-state index contributed by atoms with van der Waals surface area (Å²) in [4.78, 5) is 11.0. The van der Waals surface area contributed by atoms with Gasteiger partial charge in [-0.15, -0.1) is 0 Å². The van der Waals surface area contributed by atoms with Gasteiger partial charge in [-0.25, -0.2) is 0 Å². The Hall–Kier alpha value is -0.570. The van der Waals surface area contributed by atoms with Gasteiger partial charge in [0.1, 0.15) is 0 Å². The summed E-state index contributed by atoms with van der Waals surface area (Å²) in [5, 5.41) is 18.6. The Morgan fingerprint density at radius 2 is 1.92 bits per heavy atom. The fourth-order valence-corrected chi connectivity index (χ4v) is 2.65. The number of hydrogen-bond acceptors (Lipinski definition) is 2. The van der Waals surface area contributed by atoms with Gasteiger partial charge in [-0.05, 0) is 38.0 Å². The molecule has 3 aliphatic rings. The van der Waals surface area contributed by atoms with Crippen molar-refractivity contribution in [2.75, 3.05) is 0 Å². The Labute approximate surface area is 71.4 Å². The van der Waals surface area contributed by atoms with Gasteiger partial charge in [-0.1, -0.05) is 0 Å². The van der Waals surface area contributed by atoms with Crippen LogP contribution in [0.4, 0.5) is 0 Å². The van der Waals surface area contributed by atoms with Crippen molar-refractivity contribution in [3.63, 3.8) is 0 Å². The molecule has 0 heterocycles. The van der Waals surface area contributed by atoms with Crippen molar-refractivity contribution in [1.29, 1.82) is 0 Å². The maximum atomic E-state index is 11.0. The standard InChI is InChI=1S/C9H14O3/c10-7-5-9(8(11)12)3-1-6(7)2-4-9/h6-7,10H,1-5H2,(H,11,12)/t6?,7-,9?/m0/s1. The summed E-state index contributed by atoms with van der Waals surface area (Å²) in [6, 6.07) is 0. The molecule has 2 bridgehead atoms. The maximum absolute atomic E-state index is 11.0. The van der Waals surface area contributed by atoms with Gasteiger partial charge >= 0.3 is 5.97 Å². The van der Waals surface area contributed by atoms with Gasteiger partial charge in [0.25, 0.3) is 0 Å². The van der Waals surface area contributed by atoms with Gasteiger partial charge in [-0.3, -0.25) is 4.79 Å². The first-order chi connectivity index (χ1) is 5.64. The first-order valence-corrected chi connectivity index (χ1v) is 4.55. The third kappa shape index (κ3) is 0.959. The molecule has 3 nitrogen and oxygen atoms in total. The summed E-state index contributed by atoms with van der Waals surface area (Å²) in [7, 11) is 0. The van der Waals surface area contributed by atoms with E-state index in [1.54, 1.807) is 0 Å². The van der Waals surface area contributed by atoms with Crippen LogP contribution in [0.25, 0.3) is 0 Å². The Kier molecular flexibility index (Phi) is 1.65. The molecule has 3 rings (SSSR count). The van der Waals surface area contributed by atoms with Crippen LogP contribution in [0.15, 0.2) is 0 Å². The maximum Gasteiger partial charge on any atom is 0.309 e. The van der Waals surface area contributed by atoms with E-state index in [2.05, 4.69) is 0 Å². The minimum atomic E-state index is -0.709. The van der Waals surface area contributed by atoms with Gasteiger partial charge in [0, 0.05) is 0 Å². The molecule has 3 saturated carbocycles. The van der Waals surface area contributed by atoms with Crippen LogP contribution in [-0.2, 0) is 4.79 Å². The van der Waals surface area contributed by atoms with E-state index in [0.717, 1.165) is 25.7 Å². The van der Waals surface area contributed by atoms with Gasteiger partial charge in [0.15, 0.2) is 0 Å². The molecule has 3 fully saturated rings. The van der Waals surface area contributed by atoms with E-state index >= 15 is 0 Å². The lowest BCUT2D eigenvalue weighted by atomic mass is 9.59. The summed E-state index contributed by atoms with van der Waals surface area (Å²) in [6.45, 7) is 0. The largest absolute Gasteiger partial charge is 0.481 e. The lowest BCUT2D eigenvalue weighted by molar-refractivity contribution is -0.161. The number of aliphatic hydroxyl groups is 1. The Morgan fingerprint density at radius 3 is 2.25 bits per heavy atom. The van der Waals surface area contributed by atoms with Crippen molar-refractivity contribution in [3.05, 3.63) is 0 Å². The average Bonchev–Trinajstić information content (AvgIpc) is 2.05. The van der Waals surface area contributed by atoms with Crippen molar-refractivity contribution >= 4 is 5.97 Å². The normalized spacial score (nSPS) is 46.1. The second kappa shape index (κ2) is 2.46. The number of hydrogen-bond donors (Lipinski definition) is 2. The fourth-order valence-electron chi connectivity index (χ4n) is 2.65. The minimum absolute atomic E-state index is 0.358. The van der Waals surface area contributed by atoms with Crippen molar-refractivity contribution < 1.29 is 15.0 Å². The summed E-state index contributed by atoms with van der Waals surface area (Å²) in [5.41, 5.74) is -0.575. The Morgan fingerprint density at radius 1 is 1.33 bits per heavy atom. The third-order valence-electron chi connectivity index (χ3n) is 3.59. The van der Waals surface area contributed by atoms with E-state index in [0.29, 0.717) is 12.3 Å². The number of carbonyl (C=O) groups is 1. The van der Waals surface area contributed by atoms with E-state index in [-0.39, 0.29) is 6.10 Å². The molecular formula is C9H14O3. The number of carboxylic acids is 1. The second-order valence-corrected chi connectivity index (χ2v) is 4.19. The van der Waals surface area contributed by atoms with E-state index < -0.39 is 11.4 Å². The van der Waals surface area contributed by atoms with Crippen molar-refractivity contribution in [1.82, 2.24) is 0 Å². The highest BCUT2D eigenvalue weighted by atomic mass is 16.4. The smallest absolute Gasteiger partial charge is 0.309 e. The molecule has 1 atom stereocenters. The minimum Gasteiger partial charge on any atom is -0.481 e. The molecule has 0 unspecified atom stereocenters. The van der Waals surface area contributed by atoms with Crippen LogP contribution in [0.2, 0.25) is 0 Å². The van der Waals surface area contributed by atoms with Gasteiger partial charge in [-0.2, -0.15) is 0 Å². The molecule has 0 amide bonds. The predicted octanol–water partition coefficient (Wildman–Crippen LogP) is 1.01. The first-order valence-electron chi connectivity index (χ1n) is 4.55. The molecule has 68 valence electrons. The van der Waals surface area contributed by atoms with Gasteiger partial charge in [0.2, 0.25) is 0 Å². The zero-order valence-corrected chi connectivity index (χ0v) is 6.99. The molecule has 0 aromatic heterocycles. The average molecular weight is 170 g/mol. The predicted molar refractivity (Wildman–Crippen MR) is 42.7 cm³/mol. The number of aliphatic carboxylic acids is 1. The SMILES string of the molecule is O=C(O)C12CCC(CC1)[C@@H](O)C2. The molecule has 2 N–H and O–H groups in total. The van der Waals surface area contributed by atoms with Crippen molar-refractivity contribution in [3.8, 4) is 0 Å². The molecule has 0 aromatic rings. The second-order valence-electron chi connectivity index (χ2n) is 4.19. The lowest BCUT2D eigenvalue weighted by Gasteiger charge is -2.46. The molecular weight excluding hydrogens is 156 g/mol. The van der Waals surface area contributed by atoms with Crippen LogP contribution in [0, 0.1) is 11.3 Å². The summed E-state index contributed by atoms with van der Waals surface area (Å²) < 4.78 is 0. The molecule has 0 aliphatic heterocycles. The highest BCUT2D eigenvalue weighted by molar-refractivity contribution is 5.75. The fraction of sp³-hybridized carbons (Fsp3) is 0.889. The molecule has 12 heavy (non-hydrogen) atoms. The third-order valence-corrected chi connectivity index (χ3v) is 3.59. The van der Waals surface area contributed by atoms with Crippen molar-refractivity contribution in [2.24, 2.45) is 11.3 Å². The monoisotopic (exact) mass is 170 g/mol. The number of aliphatic hydroxyl groups excluding tert-OH is 1. The molecule has 0 aromatic carbocycles. The Balaban J connectivity index is 2.21. The number of fused-ring (bicyclic) bond motifs is 3. The van der Waals surface area contributed by atoms with Crippen molar-refractivity contribution in [2.45, 2.75) is 38.2 Å². The molecule has 3 heteroatoms. The van der Waals surface area contributed by atoms with Gasteiger partial charge in [0.05, 0.1) is 11.5 Å². The van der Waals surface area contributed by atoms with Crippen LogP contribution >= 0.6 is 0 Å². The van der Waals surface area contributed by atoms with Crippen LogP contribution in [0.5, 0.6) is 0 Å². The number of rotatable bonds is 1. The van der Waals surface area contributed by atoms with Gasteiger partial charge < -0.3 is 10.2 Å². The van der Waals surface area contributed by atoms with Crippen LogP contribution in [-0.4, -0.2) is 22.3 Å². The van der Waals surface area contributed by atoms with E-state index in [1.165, 1.54) is 0 Å². The topological polar surface area (TPSA) is 57.5 Å². The summed E-state index contributed by atoms with van der Waals surface area (Å²) >= 11 is 0. The molecule has 3 aliphatic carbocycles. The molecule has 0 saturated heterocycles. The van der Waals surface area contributed by atoms with Crippen LogP contribution in [0.3, 0.4) is 0 Å². The van der Waals surface area contributed by atoms with Crippen LogP contribution in [0.1, 0.15) is 32.1 Å². The number of carboxylic acid groups (broad SMARTS) is 1. The van der Waals surface area contributed by atoms with E-state index in [4.69, 9.17) is 5.11 Å². The van der Waals surface area contributed by atoms with Crippen LogP contribution < -0.4 is 0 Å². The lowest BCUT2D eigenvalue weighted by Crippen LogP contribution is -2.47.